The van der Waals surface area contributed by atoms with Gasteiger partial charge in [-0.2, -0.15) is 0 Å². The predicted octanol–water partition coefficient (Wildman–Crippen LogP) is 0.116. The first kappa shape index (κ1) is 11.9. The maximum Gasteiger partial charge on any atom is 0.222 e. The van der Waals surface area contributed by atoms with E-state index in [0.717, 1.165) is 18.2 Å². The van der Waals surface area contributed by atoms with Crippen LogP contribution in [0.5, 0.6) is 0 Å². The molecule has 1 amide bonds. The number of halogens is 1. The Labute approximate surface area is 92.0 Å². The van der Waals surface area contributed by atoms with E-state index in [2.05, 4.69) is 15.9 Å². The van der Waals surface area contributed by atoms with Crippen molar-refractivity contribution in [2.24, 2.45) is 0 Å². The number of likely N-dealkylation sites (tertiary alicyclic amines) is 1. The molecule has 1 aliphatic heterocycles. The van der Waals surface area contributed by atoms with E-state index < -0.39 is 12.2 Å². The average Bonchev–Trinajstić information content (AvgIpc) is 2.47. The summed E-state index contributed by atoms with van der Waals surface area (Å²) in [4.78, 5) is 13.0. The molecule has 0 bridgehead atoms. The zero-order valence-corrected chi connectivity index (χ0v) is 9.61. The van der Waals surface area contributed by atoms with Gasteiger partial charge in [-0.3, -0.25) is 4.79 Å². The molecule has 2 N–H and O–H groups in total. The Morgan fingerprint density at radius 2 is 1.86 bits per heavy atom. The highest BCUT2D eigenvalue weighted by Gasteiger charge is 2.31. The van der Waals surface area contributed by atoms with Gasteiger partial charge >= 0.3 is 0 Å². The Morgan fingerprint density at radius 3 is 2.36 bits per heavy atom. The van der Waals surface area contributed by atoms with Gasteiger partial charge in [-0.15, -0.1) is 0 Å². The molecule has 14 heavy (non-hydrogen) atoms. The number of β-amino-alcohol motifs (C(OH)–C–C–N with tert-alkyl or cyclic N) is 2. The molecule has 0 aromatic carbocycles. The molecule has 1 aliphatic rings. The molecule has 0 saturated carbocycles. The molecular formula is C9H16BrNO3. The van der Waals surface area contributed by atoms with Crippen molar-refractivity contribution in [3.63, 3.8) is 0 Å². The minimum Gasteiger partial charge on any atom is -0.388 e. The van der Waals surface area contributed by atoms with Crippen LogP contribution in [0.1, 0.15) is 19.3 Å². The van der Waals surface area contributed by atoms with Gasteiger partial charge in [-0.1, -0.05) is 15.9 Å². The molecule has 1 rings (SSSR count). The van der Waals surface area contributed by atoms with Crippen molar-refractivity contribution in [1.82, 2.24) is 4.90 Å². The average molecular weight is 266 g/mol. The first-order chi connectivity index (χ1) is 6.65. The van der Waals surface area contributed by atoms with E-state index in [1.807, 2.05) is 0 Å². The third-order valence-electron chi connectivity index (χ3n) is 2.39. The summed E-state index contributed by atoms with van der Waals surface area (Å²) in [6.07, 6.45) is 0.799. The van der Waals surface area contributed by atoms with Gasteiger partial charge in [0, 0.05) is 24.8 Å². The van der Waals surface area contributed by atoms with Gasteiger partial charge in [0.25, 0.3) is 0 Å². The molecule has 0 aromatic rings. The number of alkyl halides is 1. The summed E-state index contributed by atoms with van der Waals surface area (Å²) in [6, 6.07) is 0. The lowest BCUT2D eigenvalue weighted by atomic mass is 10.2. The summed E-state index contributed by atoms with van der Waals surface area (Å²) in [5, 5.41) is 19.4. The molecular weight excluding hydrogens is 250 g/mol. The molecule has 2 unspecified atom stereocenters. The Kier molecular flexibility index (Phi) is 4.84. The molecule has 4 nitrogen and oxygen atoms in total. The highest BCUT2D eigenvalue weighted by molar-refractivity contribution is 9.09. The highest BCUT2D eigenvalue weighted by Crippen LogP contribution is 2.12. The summed E-state index contributed by atoms with van der Waals surface area (Å²) in [5.74, 6) is 0.0292. The van der Waals surface area contributed by atoms with Crippen molar-refractivity contribution < 1.29 is 15.0 Å². The van der Waals surface area contributed by atoms with Crippen LogP contribution < -0.4 is 0 Å². The van der Waals surface area contributed by atoms with Crippen LogP contribution in [-0.2, 0) is 4.79 Å². The predicted molar refractivity (Wildman–Crippen MR) is 56.2 cm³/mol. The third kappa shape index (κ3) is 3.22. The Morgan fingerprint density at radius 1 is 1.29 bits per heavy atom. The number of aliphatic hydroxyl groups is 2. The lowest BCUT2D eigenvalue weighted by molar-refractivity contribution is -0.130. The molecule has 1 fully saturated rings. The van der Waals surface area contributed by atoms with Gasteiger partial charge in [0.2, 0.25) is 5.91 Å². The molecule has 1 saturated heterocycles. The fourth-order valence-electron chi connectivity index (χ4n) is 1.50. The first-order valence-electron chi connectivity index (χ1n) is 4.85. The van der Waals surface area contributed by atoms with Crippen LogP contribution >= 0.6 is 15.9 Å². The van der Waals surface area contributed by atoms with Crippen LogP contribution in [-0.4, -0.2) is 51.6 Å². The van der Waals surface area contributed by atoms with Crippen LogP contribution in [0.15, 0.2) is 0 Å². The lowest BCUT2D eigenvalue weighted by Gasteiger charge is -2.14. The van der Waals surface area contributed by atoms with E-state index in [1.165, 1.54) is 4.90 Å². The van der Waals surface area contributed by atoms with Gasteiger partial charge in [0.05, 0.1) is 12.2 Å². The van der Waals surface area contributed by atoms with E-state index in [1.54, 1.807) is 0 Å². The third-order valence-corrected chi connectivity index (χ3v) is 2.95. The second-order valence-corrected chi connectivity index (χ2v) is 4.37. The van der Waals surface area contributed by atoms with E-state index >= 15 is 0 Å². The number of hydrogen-bond donors (Lipinski definition) is 2. The van der Waals surface area contributed by atoms with Gasteiger partial charge in [0.15, 0.2) is 0 Å². The van der Waals surface area contributed by atoms with Crippen molar-refractivity contribution in [3.05, 3.63) is 0 Å². The molecule has 2 atom stereocenters. The second-order valence-electron chi connectivity index (χ2n) is 3.58. The smallest absolute Gasteiger partial charge is 0.222 e. The summed E-state index contributed by atoms with van der Waals surface area (Å²) in [5.41, 5.74) is 0. The maximum absolute atomic E-state index is 11.5. The quantitative estimate of drug-likeness (QED) is 0.561. The Hall–Kier alpha value is -0.130. The number of nitrogens with zero attached hydrogens (tertiary/aromatic N) is 1. The van der Waals surface area contributed by atoms with Gasteiger partial charge in [-0.25, -0.2) is 0 Å². The summed E-state index contributed by atoms with van der Waals surface area (Å²) >= 11 is 3.30. The lowest BCUT2D eigenvalue weighted by Crippen LogP contribution is -2.29. The zero-order chi connectivity index (χ0) is 10.6. The number of carbonyl (C=O) groups excluding carboxylic acids is 1. The van der Waals surface area contributed by atoms with E-state index in [4.69, 9.17) is 0 Å². The van der Waals surface area contributed by atoms with Crippen molar-refractivity contribution in [2.45, 2.75) is 31.5 Å². The van der Waals surface area contributed by atoms with E-state index in [0.29, 0.717) is 6.42 Å². The zero-order valence-electron chi connectivity index (χ0n) is 8.03. The van der Waals surface area contributed by atoms with E-state index in [9.17, 15) is 15.0 Å². The van der Waals surface area contributed by atoms with Crippen LogP contribution in [0.4, 0.5) is 0 Å². The molecule has 0 radical (unpaired) electrons. The summed E-state index contributed by atoms with van der Waals surface area (Å²) in [7, 11) is 0. The minimum atomic E-state index is -0.768. The molecule has 0 aromatic heterocycles. The number of amides is 1. The molecule has 5 heteroatoms. The number of aliphatic hydroxyl groups excluding tert-OH is 2. The SMILES string of the molecule is O=C(CCCCBr)N1CC(O)C(O)C1. The number of unbranched alkanes of at least 4 members (excludes halogenated alkanes) is 1. The van der Waals surface area contributed by atoms with Gasteiger partial charge < -0.3 is 15.1 Å². The Balaban J connectivity index is 2.25. The van der Waals surface area contributed by atoms with Gasteiger partial charge in [-0.05, 0) is 12.8 Å². The van der Waals surface area contributed by atoms with Crippen LogP contribution in [0, 0.1) is 0 Å². The largest absolute Gasteiger partial charge is 0.388 e. The van der Waals surface area contributed by atoms with Crippen molar-refractivity contribution >= 4 is 21.8 Å². The van der Waals surface area contributed by atoms with Crippen LogP contribution in [0.2, 0.25) is 0 Å². The number of carbonyl (C=O) groups is 1. The molecule has 1 heterocycles. The normalized spacial score (nSPS) is 26.9. The van der Waals surface area contributed by atoms with E-state index in [-0.39, 0.29) is 19.0 Å². The standard InChI is InChI=1S/C9H16BrNO3/c10-4-2-1-3-9(14)11-5-7(12)8(13)6-11/h7-8,12-13H,1-6H2. The fourth-order valence-corrected chi connectivity index (χ4v) is 1.90. The summed E-state index contributed by atoms with van der Waals surface area (Å²) < 4.78 is 0. The minimum absolute atomic E-state index is 0.0292. The molecule has 0 spiro atoms. The highest BCUT2D eigenvalue weighted by atomic mass is 79.9. The first-order valence-corrected chi connectivity index (χ1v) is 5.97. The van der Waals surface area contributed by atoms with Gasteiger partial charge in [0.1, 0.15) is 0 Å². The van der Waals surface area contributed by atoms with Crippen LogP contribution in [0.3, 0.4) is 0 Å². The topological polar surface area (TPSA) is 60.8 Å². The monoisotopic (exact) mass is 265 g/mol. The number of rotatable bonds is 4. The van der Waals surface area contributed by atoms with Crippen LogP contribution in [0.25, 0.3) is 0 Å². The van der Waals surface area contributed by atoms with Crippen molar-refractivity contribution in [1.29, 1.82) is 0 Å². The van der Waals surface area contributed by atoms with Crippen molar-refractivity contribution in [2.75, 3.05) is 18.4 Å². The second kappa shape index (κ2) is 5.68. The summed E-state index contributed by atoms with van der Waals surface area (Å²) in [6.45, 7) is 0.544. The van der Waals surface area contributed by atoms with Crippen molar-refractivity contribution in [3.8, 4) is 0 Å². The molecule has 0 aliphatic carbocycles. The number of hydrogen-bond acceptors (Lipinski definition) is 3. The molecule has 82 valence electrons. The fraction of sp³-hybridized carbons (Fsp3) is 0.889. The maximum atomic E-state index is 11.5. The Bertz CT molecular complexity index is 190.